The Bertz CT molecular complexity index is 1140. The lowest BCUT2D eigenvalue weighted by molar-refractivity contribution is -0.135. The third-order valence-corrected chi connectivity index (χ3v) is 6.46. The van der Waals surface area contributed by atoms with Crippen molar-refractivity contribution in [3.63, 3.8) is 0 Å². The smallest absolute Gasteiger partial charge is 0.407 e. The zero-order chi connectivity index (χ0) is 24.2. The van der Waals surface area contributed by atoms with Crippen LogP contribution in [0, 0.1) is 5.92 Å². The third kappa shape index (κ3) is 4.94. The predicted octanol–water partition coefficient (Wildman–Crippen LogP) is 5.44. The van der Waals surface area contributed by atoms with Gasteiger partial charge in [-0.3, -0.25) is 4.79 Å². The molecule has 1 fully saturated rings. The number of amides is 2. The first-order chi connectivity index (χ1) is 16.4. The number of nitrogens with one attached hydrogen (secondary N) is 2. The van der Waals surface area contributed by atoms with E-state index in [4.69, 9.17) is 21.3 Å². The topological polar surface area (TPSA) is 87.3 Å². The third-order valence-electron chi connectivity index (χ3n) is 6.19. The van der Waals surface area contributed by atoms with Gasteiger partial charge in [0, 0.05) is 12.1 Å². The van der Waals surface area contributed by atoms with E-state index in [2.05, 4.69) is 22.4 Å². The lowest BCUT2D eigenvalue weighted by atomic mass is 10.0. The summed E-state index contributed by atoms with van der Waals surface area (Å²) in [6.07, 6.45) is 0.995. The Morgan fingerprint density at radius 1 is 1.09 bits per heavy atom. The minimum Gasteiger partial charge on any atom is -0.453 e. The van der Waals surface area contributed by atoms with Gasteiger partial charge >= 0.3 is 6.09 Å². The number of aromatic amines is 1. The molecule has 2 atom stereocenters. The summed E-state index contributed by atoms with van der Waals surface area (Å²) in [5, 5.41) is 3.11. The number of alkyl carbamates (subject to hydrolysis) is 1. The average Bonchev–Trinajstić information content (AvgIpc) is 3.49. The maximum absolute atomic E-state index is 13.3. The monoisotopic (exact) mass is 480 g/mol. The Labute approximate surface area is 204 Å². The molecule has 8 heteroatoms. The average molecular weight is 481 g/mol. The number of hydrogen-bond acceptors (Lipinski definition) is 4. The second-order valence-corrected chi connectivity index (χ2v) is 9.15. The molecular weight excluding hydrogens is 452 g/mol. The minimum atomic E-state index is -0.677. The molecule has 1 aliphatic heterocycles. The molecule has 2 N–H and O–H groups in total. The van der Waals surface area contributed by atoms with Gasteiger partial charge in [0.2, 0.25) is 5.91 Å². The number of likely N-dealkylation sites (tertiary alicyclic amines) is 1. The molecule has 0 saturated carbocycles. The fourth-order valence-electron chi connectivity index (χ4n) is 4.36. The SMILES string of the molecule is COC(=O)NC(C(=O)N1CCCC1c1nc(-c2ccc(-c3ccccc3)cc2)c(Cl)[nH]1)C(C)C. The van der Waals surface area contributed by atoms with Crippen LogP contribution in [0.25, 0.3) is 22.4 Å². The van der Waals surface area contributed by atoms with Gasteiger partial charge in [0.25, 0.3) is 0 Å². The van der Waals surface area contributed by atoms with Gasteiger partial charge in [-0.1, -0.05) is 80.0 Å². The number of benzene rings is 2. The van der Waals surface area contributed by atoms with Crippen molar-refractivity contribution in [3.05, 3.63) is 65.6 Å². The van der Waals surface area contributed by atoms with Crippen molar-refractivity contribution < 1.29 is 14.3 Å². The van der Waals surface area contributed by atoms with E-state index in [0.717, 1.165) is 29.5 Å². The van der Waals surface area contributed by atoms with Crippen molar-refractivity contribution in [1.82, 2.24) is 20.2 Å². The van der Waals surface area contributed by atoms with Gasteiger partial charge in [0.1, 0.15) is 22.7 Å². The lowest BCUT2D eigenvalue weighted by Gasteiger charge is -2.29. The van der Waals surface area contributed by atoms with E-state index >= 15 is 0 Å². The summed E-state index contributed by atoms with van der Waals surface area (Å²) in [6.45, 7) is 4.38. The minimum absolute atomic E-state index is 0.0910. The largest absolute Gasteiger partial charge is 0.453 e. The van der Waals surface area contributed by atoms with Crippen molar-refractivity contribution in [1.29, 1.82) is 0 Å². The molecule has 0 aliphatic carbocycles. The number of hydrogen-bond donors (Lipinski definition) is 2. The van der Waals surface area contributed by atoms with Crippen molar-refractivity contribution in [2.75, 3.05) is 13.7 Å². The molecule has 1 saturated heterocycles. The van der Waals surface area contributed by atoms with E-state index in [1.165, 1.54) is 7.11 Å². The zero-order valence-corrected chi connectivity index (χ0v) is 20.3. The fraction of sp³-hybridized carbons (Fsp3) is 0.346. The molecule has 178 valence electrons. The number of carbonyl (C=O) groups is 2. The quantitative estimate of drug-likeness (QED) is 0.491. The van der Waals surface area contributed by atoms with Crippen molar-refractivity contribution >= 4 is 23.6 Å². The Morgan fingerprint density at radius 2 is 1.74 bits per heavy atom. The number of ether oxygens (including phenoxy) is 1. The second-order valence-electron chi connectivity index (χ2n) is 8.78. The van der Waals surface area contributed by atoms with Crippen LogP contribution in [-0.2, 0) is 9.53 Å². The van der Waals surface area contributed by atoms with Crippen LogP contribution >= 0.6 is 11.6 Å². The molecule has 1 aromatic heterocycles. The predicted molar refractivity (Wildman–Crippen MR) is 132 cm³/mol. The number of carbonyl (C=O) groups excluding carboxylic acids is 2. The van der Waals surface area contributed by atoms with Crippen molar-refractivity contribution in [2.24, 2.45) is 5.92 Å². The number of nitrogens with zero attached hydrogens (tertiary/aromatic N) is 2. The summed E-state index contributed by atoms with van der Waals surface area (Å²) in [6, 6.07) is 17.3. The molecule has 0 radical (unpaired) electrons. The first-order valence-electron chi connectivity index (χ1n) is 11.4. The first kappa shape index (κ1) is 23.8. The maximum Gasteiger partial charge on any atom is 0.407 e. The van der Waals surface area contributed by atoms with E-state index in [9.17, 15) is 9.59 Å². The fourth-order valence-corrected chi connectivity index (χ4v) is 4.61. The van der Waals surface area contributed by atoms with Crippen molar-refractivity contribution in [3.8, 4) is 22.4 Å². The second kappa shape index (κ2) is 10.3. The van der Waals surface area contributed by atoms with Gasteiger partial charge in [-0.25, -0.2) is 9.78 Å². The van der Waals surface area contributed by atoms with E-state index in [1.807, 2.05) is 56.3 Å². The number of methoxy groups -OCH3 is 1. The molecule has 3 aromatic rings. The van der Waals surface area contributed by atoms with Crippen LogP contribution in [0.4, 0.5) is 4.79 Å². The van der Waals surface area contributed by atoms with Gasteiger partial charge in [0.05, 0.1) is 13.2 Å². The molecule has 0 bridgehead atoms. The Kier molecular flexibility index (Phi) is 7.22. The van der Waals surface area contributed by atoms with Crippen molar-refractivity contribution in [2.45, 2.75) is 38.8 Å². The highest BCUT2D eigenvalue weighted by Gasteiger charge is 2.37. The van der Waals surface area contributed by atoms with E-state index in [0.29, 0.717) is 23.2 Å². The van der Waals surface area contributed by atoms with E-state index in [1.54, 1.807) is 4.90 Å². The van der Waals surface area contributed by atoms with Crippen LogP contribution in [0.2, 0.25) is 5.15 Å². The zero-order valence-electron chi connectivity index (χ0n) is 19.5. The maximum atomic E-state index is 13.3. The number of rotatable bonds is 6. The molecule has 0 spiro atoms. The summed E-state index contributed by atoms with van der Waals surface area (Å²) in [5.41, 5.74) is 3.81. The molecule has 4 rings (SSSR count). The number of halogens is 1. The molecule has 34 heavy (non-hydrogen) atoms. The molecular formula is C26H29ClN4O3. The van der Waals surface area contributed by atoms with Crippen LogP contribution < -0.4 is 5.32 Å². The Morgan fingerprint density at radius 3 is 2.38 bits per heavy atom. The van der Waals surface area contributed by atoms with Gasteiger partial charge in [-0.05, 0) is 29.9 Å². The van der Waals surface area contributed by atoms with Gasteiger partial charge < -0.3 is 19.9 Å². The molecule has 2 heterocycles. The highest BCUT2D eigenvalue weighted by molar-refractivity contribution is 6.31. The molecule has 2 unspecified atom stereocenters. The number of H-pyrrole nitrogens is 1. The Balaban J connectivity index is 1.56. The first-order valence-corrected chi connectivity index (χ1v) is 11.8. The van der Waals surface area contributed by atoms with Crippen LogP contribution in [0.1, 0.15) is 38.6 Å². The van der Waals surface area contributed by atoms with Crippen LogP contribution in [0.15, 0.2) is 54.6 Å². The standard InChI is InChI=1S/C26H29ClN4O3/c1-16(2)21(29-26(33)34-3)25(32)31-15-7-10-20(31)24-28-22(23(27)30-24)19-13-11-18(12-14-19)17-8-5-4-6-9-17/h4-6,8-9,11-14,16,20-21H,7,10,15H2,1-3H3,(H,28,30)(H,29,33). The van der Waals surface area contributed by atoms with Crippen LogP contribution in [0.5, 0.6) is 0 Å². The van der Waals surface area contributed by atoms with Gasteiger partial charge in [0.15, 0.2) is 0 Å². The molecule has 7 nitrogen and oxygen atoms in total. The summed E-state index contributed by atoms with van der Waals surface area (Å²) in [5.74, 6) is 0.412. The lowest BCUT2D eigenvalue weighted by Crippen LogP contribution is -2.51. The van der Waals surface area contributed by atoms with E-state index in [-0.39, 0.29) is 17.9 Å². The Hall–Kier alpha value is -3.32. The molecule has 2 amide bonds. The molecule has 2 aromatic carbocycles. The number of imidazole rings is 1. The molecule has 1 aliphatic rings. The highest BCUT2D eigenvalue weighted by Crippen LogP contribution is 2.35. The van der Waals surface area contributed by atoms with Gasteiger partial charge in [-0.15, -0.1) is 0 Å². The number of aromatic nitrogens is 2. The van der Waals surface area contributed by atoms with Crippen LogP contribution in [-0.4, -0.2) is 46.6 Å². The van der Waals surface area contributed by atoms with Gasteiger partial charge in [-0.2, -0.15) is 0 Å². The summed E-state index contributed by atoms with van der Waals surface area (Å²) in [4.78, 5) is 34.9. The summed E-state index contributed by atoms with van der Waals surface area (Å²) >= 11 is 6.55. The normalized spacial score (nSPS) is 16.5. The van der Waals surface area contributed by atoms with Crippen LogP contribution in [0.3, 0.4) is 0 Å². The highest BCUT2D eigenvalue weighted by atomic mass is 35.5. The summed E-state index contributed by atoms with van der Waals surface area (Å²) < 4.78 is 4.70. The summed E-state index contributed by atoms with van der Waals surface area (Å²) in [7, 11) is 1.29. The van der Waals surface area contributed by atoms with E-state index < -0.39 is 12.1 Å².